The van der Waals surface area contributed by atoms with Crippen LogP contribution in [0.1, 0.15) is 6.92 Å². The van der Waals surface area contributed by atoms with Gasteiger partial charge in [0.15, 0.2) is 0 Å². The van der Waals surface area contributed by atoms with Gasteiger partial charge in [0.05, 0.1) is 4.90 Å². The quantitative estimate of drug-likeness (QED) is 0.768. The third-order valence-electron chi connectivity index (χ3n) is 1.75. The Morgan fingerprint density at radius 1 is 1.36 bits per heavy atom. The first-order chi connectivity index (χ1) is 6.56. The third kappa shape index (κ3) is 2.68. The predicted molar refractivity (Wildman–Crippen MR) is 56.4 cm³/mol. The average molecular weight is 211 g/mol. The molecule has 1 rings (SSSR count). The molecule has 3 nitrogen and oxygen atoms in total. The van der Waals surface area contributed by atoms with Gasteiger partial charge in [-0.2, -0.15) is 0 Å². The van der Waals surface area contributed by atoms with Crippen molar-refractivity contribution < 1.29 is 8.42 Å². The summed E-state index contributed by atoms with van der Waals surface area (Å²) >= 11 is 0. The van der Waals surface area contributed by atoms with Crippen molar-refractivity contribution in [3.8, 4) is 0 Å². The third-order valence-corrected chi connectivity index (χ3v) is 3.32. The van der Waals surface area contributed by atoms with E-state index < -0.39 is 10.0 Å². The van der Waals surface area contributed by atoms with E-state index in [0.717, 1.165) is 0 Å². The zero-order valence-electron chi connectivity index (χ0n) is 7.97. The Hall–Kier alpha value is -1.13. The van der Waals surface area contributed by atoms with Crippen molar-refractivity contribution in [1.29, 1.82) is 0 Å². The summed E-state index contributed by atoms with van der Waals surface area (Å²) in [7, 11) is -3.39. The zero-order valence-corrected chi connectivity index (χ0v) is 8.79. The summed E-state index contributed by atoms with van der Waals surface area (Å²) in [5.41, 5.74) is 0. The fourth-order valence-corrected chi connectivity index (χ4v) is 2.20. The van der Waals surface area contributed by atoms with Gasteiger partial charge < -0.3 is 0 Å². The van der Waals surface area contributed by atoms with Crippen LogP contribution in [0.5, 0.6) is 0 Å². The lowest BCUT2D eigenvalue weighted by Crippen LogP contribution is -2.30. The van der Waals surface area contributed by atoms with E-state index in [0.29, 0.717) is 0 Å². The number of sulfonamides is 1. The van der Waals surface area contributed by atoms with Gasteiger partial charge >= 0.3 is 0 Å². The maximum atomic E-state index is 11.6. The van der Waals surface area contributed by atoms with Crippen LogP contribution >= 0.6 is 0 Å². The molecule has 14 heavy (non-hydrogen) atoms. The van der Waals surface area contributed by atoms with Crippen LogP contribution < -0.4 is 4.72 Å². The molecule has 1 aromatic rings. The van der Waals surface area contributed by atoms with Crippen LogP contribution in [0.3, 0.4) is 0 Å². The highest BCUT2D eigenvalue weighted by molar-refractivity contribution is 7.89. The van der Waals surface area contributed by atoms with E-state index in [1.807, 2.05) is 0 Å². The molecule has 0 radical (unpaired) electrons. The summed E-state index contributed by atoms with van der Waals surface area (Å²) in [4.78, 5) is 0.272. The first kappa shape index (κ1) is 10.9. The standard InChI is InChI=1S/C10H13NO2S/c1-3-9(2)11-14(12,13)10-7-5-4-6-8-10/h3-9,11H,1H2,2H3. The van der Waals surface area contributed by atoms with Crippen LogP contribution in [0.2, 0.25) is 0 Å². The van der Waals surface area contributed by atoms with Gasteiger partial charge in [0.25, 0.3) is 0 Å². The van der Waals surface area contributed by atoms with Gasteiger partial charge in [-0.05, 0) is 19.1 Å². The second-order valence-electron chi connectivity index (χ2n) is 2.96. The number of nitrogens with one attached hydrogen (secondary N) is 1. The smallest absolute Gasteiger partial charge is 0.207 e. The first-order valence-electron chi connectivity index (χ1n) is 4.26. The Morgan fingerprint density at radius 2 is 1.93 bits per heavy atom. The van der Waals surface area contributed by atoms with Crippen LogP contribution in [0.4, 0.5) is 0 Å². The lowest BCUT2D eigenvalue weighted by Gasteiger charge is -2.09. The molecule has 0 aromatic heterocycles. The van der Waals surface area contributed by atoms with Crippen molar-refractivity contribution in [1.82, 2.24) is 4.72 Å². The average Bonchev–Trinajstić information content (AvgIpc) is 2.18. The Bertz CT molecular complexity index is 397. The molecule has 0 amide bonds. The monoisotopic (exact) mass is 211 g/mol. The van der Waals surface area contributed by atoms with Crippen molar-refractivity contribution in [2.45, 2.75) is 17.9 Å². The fourth-order valence-electron chi connectivity index (χ4n) is 0.961. The first-order valence-corrected chi connectivity index (χ1v) is 5.74. The summed E-state index contributed by atoms with van der Waals surface area (Å²) in [6.07, 6.45) is 1.54. The van der Waals surface area contributed by atoms with Crippen LogP contribution in [0, 0.1) is 0 Å². The number of rotatable bonds is 4. The molecule has 0 aliphatic heterocycles. The molecule has 0 aliphatic carbocycles. The molecule has 0 bridgehead atoms. The lowest BCUT2D eigenvalue weighted by atomic mass is 10.4. The van der Waals surface area contributed by atoms with E-state index in [1.165, 1.54) is 0 Å². The summed E-state index contributed by atoms with van der Waals surface area (Å²) in [6.45, 7) is 5.24. The molecule has 1 N–H and O–H groups in total. The SMILES string of the molecule is C=CC(C)NS(=O)(=O)c1ccccc1. The van der Waals surface area contributed by atoms with Crippen molar-refractivity contribution in [3.63, 3.8) is 0 Å². The molecule has 0 heterocycles. The second kappa shape index (κ2) is 4.39. The van der Waals surface area contributed by atoms with Gasteiger partial charge in [0.2, 0.25) is 10.0 Å². The summed E-state index contributed by atoms with van der Waals surface area (Å²) in [5, 5.41) is 0. The van der Waals surface area contributed by atoms with Crippen LogP contribution in [0.15, 0.2) is 47.9 Å². The van der Waals surface area contributed by atoms with Crippen molar-refractivity contribution in [3.05, 3.63) is 43.0 Å². The molecule has 0 aliphatic rings. The van der Waals surface area contributed by atoms with Crippen molar-refractivity contribution >= 4 is 10.0 Å². The van der Waals surface area contributed by atoms with E-state index in [2.05, 4.69) is 11.3 Å². The van der Waals surface area contributed by atoms with Gasteiger partial charge in [-0.15, -0.1) is 6.58 Å². The Balaban J connectivity index is 2.92. The minimum Gasteiger partial charge on any atom is -0.207 e. The molecule has 0 saturated heterocycles. The van der Waals surface area contributed by atoms with E-state index in [1.54, 1.807) is 43.3 Å². The summed E-state index contributed by atoms with van der Waals surface area (Å²) < 4.78 is 25.8. The Morgan fingerprint density at radius 3 is 2.43 bits per heavy atom. The maximum absolute atomic E-state index is 11.6. The van der Waals surface area contributed by atoms with Gasteiger partial charge in [0.1, 0.15) is 0 Å². The minimum atomic E-state index is -3.39. The minimum absolute atomic E-state index is 0.264. The molecule has 1 unspecified atom stereocenters. The highest BCUT2D eigenvalue weighted by Gasteiger charge is 2.14. The summed E-state index contributed by atoms with van der Waals surface area (Å²) in [5.74, 6) is 0. The van der Waals surface area contributed by atoms with E-state index in [4.69, 9.17) is 0 Å². The van der Waals surface area contributed by atoms with Gasteiger partial charge in [-0.25, -0.2) is 13.1 Å². The maximum Gasteiger partial charge on any atom is 0.241 e. The molecule has 1 atom stereocenters. The highest BCUT2D eigenvalue weighted by Crippen LogP contribution is 2.07. The predicted octanol–water partition coefficient (Wildman–Crippen LogP) is 1.54. The van der Waals surface area contributed by atoms with Crippen molar-refractivity contribution in [2.24, 2.45) is 0 Å². The van der Waals surface area contributed by atoms with E-state index in [-0.39, 0.29) is 10.9 Å². The summed E-state index contributed by atoms with van der Waals surface area (Å²) in [6, 6.07) is 7.99. The van der Waals surface area contributed by atoms with E-state index >= 15 is 0 Å². The van der Waals surface area contributed by atoms with Gasteiger partial charge in [-0.3, -0.25) is 0 Å². The molecule has 1 aromatic carbocycles. The lowest BCUT2D eigenvalue weighted by molar-refractivity contribution is 0.576. The second-order valence-corrected chi connectivity index (χ2v) is 4.67. The molecule has 0 fully saturated rings. The van der Waals surface area contributed by atoms with Crippen molar-refractivity contribution in [2.75, 3.05) is 0 Å². The molecule has 0 saturated carbocycles. The molecule has 76 valence electrons. The molecular weight excluding hydrogens is 198 g/mol. The Labute approximate surface area is 84.5 Å². The number of hydrogen-bond acceptors (Lipinski definition) is 2. The molecule has 4 heteroatoms. The fraction of sp³-hybridized carbons (Fsp3) is 0.200. The molecule has 0 spiro atoms. The van der Waals surface area contributed by atoms with Crippen LogP contribution in [0.25, 0.3) is 0 Å². The molecular formula is C10H13NO2S. The topological polar surface area (TPSA) is 46.2 Å². The van der Waals surface area contributed by atoms with Gasteiger partial charge in [-0.1, -0.05) is 24.3 Å². The van der Waals surface area contributed by atoms with E-state index in [9.17, 15) is 8.42 Å². The Kier molecular flexibility index (Phi) is 3.43. The highest BCUT2D eigenvalue weighted by atomic mass is 32.2. The number of hydrogen-bond donors (Lipinski definition) is 1. The largest absolute Gasteiger partial charge is 0.241 e. The normalized spacial score (nSPS) is 13.5. The van der Waals surface area contributed by atoms with Crippen LogP contribution in [-0.2, 0) is 10.0 Å². The zero-order chi connectivity index (χ0) is 10.6. The number of benzene rings is 1. The van der Waals surface area contributed by atoms with Crippen LogP contribution in [-0.4, -0.2) is 14.5 Å². The van der Waals surface area contributed by atoms with Gasteiger partial charge in [0, 0.05) is 6.04 Å².